The molecule has 1 amide bonds. The quantitative estimate of drug-likeness (QED) is 0.586. The molecule has 0 spiro atoms. The number of rotatable bonds is 4. The van der Waals surface area contributed by atoms with Crippen LogP contribution in [0, 0.1) is 0 Å². The molecule has 0 saturated carbocycles. The predicted octanol–water partition coefficient (Wildman–Crippen LogP) is 2.57. The van der Waals surface area contributed by atoms with Crippen LogP contribution in [-0.2, 0) is 9.53 Å². The second-order valence-corrected chi connectivity index (χ2v) is 5.40. The minimum Gasteiger partial charge on any atom is -0.508 e. The Bertz CT molecular complexity index is 803. The van der Waals surface area contributed by atoms with E-state index in [2.05, 4.69) is 10.6 Å². The van der Waals surface area contributed by atoms with E-state index in [9.17, 15) is 14.7 Å². The number of carbonyl (C=O) groups is 2. The lowest BCUT2D eigenvalue weighted by Crippen LogP contribution is -2.38. The van der Waals surface area contributed by atoms with E-state index in [0.717, 1.165) is 0 Å². The normalized spacial score (nSPS) is 16.7. The van der Waals surface area contributed by atoms with Crippen LogP contribution >= 0.6 is 11.6 Å². The highest BCUT2D eigenvalue weighted by Gasteiger charge is 2.34. The molecule has 7 heteroatoms. The number of phenolic OH excluding ortho intramolecular Hbond substituents is 1. The zero-order valence-corrected chi connectivity index (χ0v) is 13.1. The Morgan fingerprint density at radius 2 is 1.75 bits per heavy atom. The number of nitrogens with one attached hydrogen (secondary N) is 2. The van der Waals surface area contributed by atoms with Crippen molar-refractivity contribution in [3.05, 3.63) is 70.9 Å². The maximum absolute atomic E-state index is 12.2. The lowest BCUT2D eigenvalue weighted by Gasteiger charge is -2.17. The molecule has 0 unspecified atom stereocenters. The molecule has 0 saturated heterocycles. The van der Waals surface area contributed by atoms with Crippen LogP contribution in [0.15, 0.2) is 65.3 Å². The number of esters is 1. The van der Waals surface area contributed by atoms with Crippen molar-refractivity contribution in [1.82, 2.24) is 5.32 Å². The highest BCUT2D eigenvalue weighted by molar-refractivity contribution is 6.42. The monoisotopic (exact) mass is 344 g/mol. The van der Waals surface area contributed by atoms with Crippen molar-refractivity contribution in [1.29, 1.82) is 0 Å². The molecule has 0 aromatic heterocycles. The summed E-state index contributed by atoms with van der Waals surface area (Å²) in [6.45, 7) is 0. The SMILES string of the molecule is O=C1O[C@@H](NC(=O)c2ccccc2)C(Nc2ccc(O)cc2)=C1Cl. The van der Waals surface area contributed by atoms with Crippen LogP contribution in [0.2, 0.25) is 0 Å². The van der Waals surface area contributed by atoms with Gasteiger partial charge in [-0.1, -0.05) is 29.8 Å². The molecule has 0 fully saturated rings. The minimum atomic E-state index is -1.02. The summed E-state index contributed by atoms with van der Waals surface area (Å²) in [5, 5.41) is 14.7. The highest BCUT2D eigenvalue weighted by atomic mass is 35.5. The molecule has 2 aromatic carbocycles. The van der Waals surface area contributed by atoms with Crippen molar-refractivity contribution >= 4 is 29.2 Å². The van der Waals surface area contributed by atoms with E-state index in [1.54, 1.807) is 42.5 Å². The zero-order chi connectivity index (χ0) is 17.1. The van der Waals surface area contributed by atoms with Crippen LogP contribution in [-0.4, -0.2) is 23.2 Å². The van der Waals surface area contributed by atoms with Crippen LogP contribution in [0.3, 0.4) is 0 Å². The molecule has 122 valence electrons. The van der Waals surface area contributed by atoms with Crippen LogP contribution < -0.4 is 10.6 Å². The molecule has 24 heavy (non-hydrogen) atoms. The van der Waals surface area contributed by atoms with E-state index in [1.165, 1.54) is 12.1 Å². The van der Waals surface area contributed by atoms with E-state index >= 15 is 0 Å². The molecule has 2 aromatic rings. The molecule has 0 aliphatic carbocycles. The number of hydrogen-bond donors (Lipinski definition) is 3. The summed E-state index contributed by atoms with van der Waals surface area (Å²) in [5.74, 6) is -1.02. The van der Waals surface area contributed by atoms with Gasteiger partial charge in [0, 0.05) is 11.3 Å². The Kier molecular flexibility index (Phi) is 4.39. The first-order valence-corrected chi connectivity index (χ1v) is 7.45. The molecule has 1 aliphatic rings. The van der Waals surface area contributed by atoms with E-state index in [0.29, 0.717) is 11.3 Å². The van der Waals surface area contributed by atoms with Gasteiger partial charge < -0.3 is 20.5 Å². The molecule has 3 N–H and O–H groups in total. The Labute approximate surface area is 142 Å². The topological polar surface area (TPSA) is 87.7 Å². The van der Waals surface area contributed by atoms with Gasteiger partial charge in [-0.3, -0.25) is 4.79 Å². The van der Waals surface area contributed by atoms with Gasteiger partial charge in [-0.2, -0.15) is 0 Å². The van der Waals surface area contributed by atoms with Crippen LogP contribution in [0.5, 0.6) is 5.75 Å². The lowest BCUT2D eigenvalue weighted by atomic mass is 10.2. The van der Waals surface area contributed by atoms with E-state index in [-0.39, 0.29) is 16.5 Å². The van der Waals surface area contributed by atoms with E-state index < -0.39 is 18.1 Å². The fourth-order valence-electron chi connectivity index (χ4n) is 2.16. The van der Waals surface area contributed by atoms with Crippen molar-refractivity contribution in [3.8, 4) is 5.75 Å². The average Bonchev–Trinajstić information content (AvgIpc) is 2.85. The number of amides is 1. The summed E-state index contributed by atoms with van der Waals surface area (Å²) in [6, 6.07) is 14.7. The summed E-state index contributed by atoms with van der Waals surface area (Å²) in [6.07, 6.45) is -1.02. The third kappa shape index (κ3) is 3.33. The second kappa shape index (κ2) is 6.64. The van der Waals surface area contributed by atoms with Crippen LogP contribution in [0.4, 0.5) is 5.69 Å². The number of cyclic esters (lactones) is 1. The molecule has 1 heterocycles. The summed E-state index contributed by atoms with van der Waals surface area (Å²) in [5.41, 5.74) is 1.25. The Hall–Kier alpha value is -2.99. The van der Waals surface area contributed by atoms with Crippen molar-refractivity contribution in [3.63, 3.8) is 0 Å². The van der Waals surface area contributed by atoms with Gasteiger partial charge >= 0.3 is 5.97 Å². The molecule has 3 rings (SSSR count). The largest absolute Gasteiger partial charge is 0.508 e. The number of phenols is 1. The number of halogens is 1. The van der Waals surface area contributed by atoms with E-state index in [4.69, 9.17) is 16.3 Å². The van der Waals surface area contributed by atoms with Crippen molar-refractivity contribution in [2.45, 2.75) is 6.23 Å². The van der Waals surface area contributed by atoms with Crippen molar-refractivity contribution in [2.24, 2.45) is 0 Å². The molecule has 1 atom stereocenters. The molecule has 1 aliphatic heterocycles. The van der Waals surface area contributed by atoms with Gasteiger partial charge in [0.2, 0.25) is 6.23 Å². The maximum atomic E-state index is 12.2. The molecule has 6 nitrogen and oxygen atoms in total. The maximum Gasteiger partial charge on any atom is 0.354 e. The minimum absolute atomic E-state index is 0.105. The first-order chi connectivity index (χ1) is 11.5. The zero-order valence-electron chi connectivity index (χ0n) is 12.3. The van der Waals surface area contributed by atoms with Gasteiger partial charge in [0.1, 0.15) is 11.4 Å². The molecular formula is C17H13ClN2O4. The number of benzene rings is 2. The summed E-state index contributed by atoms with van der Waals surface area (Å²) >= 11 is 5.98. The van der Waals surface area contributed by atoms with Crippen molar-refractivity contribution < 1.29 is 19.4 Å². The van der Waals surface area contributed by atoms with Gasteiger partial charge in [-0.15, -0.1) is 0 Å². The third-order valence-electron chi connectivity index (χ3n) is 3.35. The number of anilines is 1. The smallest absolute Gasteiger partial charge is 0.354 e. The predicted molar refractivity (Wildman–Crippen MR) is 88.4 cm³/mol. The fraction of sp³-hybridized carbons (Fsp3) is 0.0588. The second-order valence-electron chi connectivity index (χ2n) is 5.02. The Morgan fingerprint density at radius 3 is 2.42 bits per heavy atom. The lowest BCUT2D eigenvalue weighted by molar-refractivity contribution is -0.139. The first kappa shape index (κ1) is 15.9. The van der Waals surface area contributed by atoms with Gasteiger partial charge in [0.25, 0.3) is 5.91 Å². The highest BCUT2D eigenvalue weighted by Crippen LogP contribution is 2.27. The Balaban J connectivity index is 1.78. The summed E-state index contributed by atoms with van der Waals surface area (Å²) in [7, 11) is 0. The summed E-state index contributed by atoms with van der Waals surface area (Å²) in [4.78, 5) is 23.9. The first-order valence-electron chi connectivity index (χ1n) is 7.07. The fourth-order valence-corrected chi connectivity index (χ4v) is 2.35. The number of aromatic hydroxyl groups is 1. The third-order valence-corrected chi connectivity index (χ3v) is 3.71. The van der Waals surface area contributed by atoms with E-state index in [1.807, 2.05) is 0 Å². The number of carbonyl (C=O) groups excluding carboxylic acids is 2. The average molecular weight is 345 g/mol. The number of hydrogen-bond acceptors (Lipinski definition) is 5. The van der Waals surface area contributed by atoms with Gasteiger partial charge in [0.05, 0.1) is 0 Å². The summed E-state index contributed by atoms with van der Waals surface area (Å²) < 4.78 is 5.09. The van der Waals surface area contributed by atoms with Gasteiger partial charge in [-0.05, 0) is 36.4 Å². The molecular weight excluding hydrogens is 332 g/mol. The van der Waals surface area contributed by atoms with Crippen LogP contribution in [0.25, 0.3) is 0 Å². The number of ether oxygens (including phenoxy) is 1. The van der Waals surface area contributed by atoms with Crippen LogP contribution in [0.1, 0.15) is 10.4 Å². The Morgan fingerprint density at radius 1 is 1.08 bits per heavy atom. The van der Waals surface area contributed by atoms with Gasteiger partial charge in [0.15, 0.2) is 5.03 Å². The van der Waals surface area contributed by atoms with Gasteiger partial charge in [-0.25, -0.2) is 4.79 Å². The van der Waals surface area contributed by atoms with Crippen molar-refractivity contribution in [2.75, 3.05) is 5.32 Å². The molecule has 0 radical (unpaired) electrons. The molecule has 0 bridgehead atoms. The standard InChI is InChI=1S/C17H13ClN2O4/c18-13-14(19-11-6-8-12(21)9-7-11)16(24-17(13)23)20-15(22)10-4-2-1-3-5-10/h1-9,16,19,21H,(H,20,22)/t16-/m1/s1.